The van der Waals surface area contributed by atoms with Crippen LogP contribution in [0.3, 0.4) is 0 Å². The topological polar surface area (TPSA) is 54.4 Å². The second kappa shape index (κ2) is 2.95. The minimum atomic E-state index is -2.95. The van der Waals surface area contributed by atoms with E-state index in [1.807, 2.05) is 6.92 Å². The number of rotatable bonds is 4. The first-order chi connectivity index (χ1) is 5.66. The molecule has 0 saturated heterocycles. The molecule has 0 heterocycles. The summed E-state index contributed by atoms with van der Waals surface area (Å²) in [4.78, 5) is 0. The SMILES string of the molecule is CC(O)(CCS(C)(=O)=O)C1(C)CC1. The lowest BCUT2D eigenvalue weighted by molar-refractivity contribution is -0.0101. The van der Waals surface area contributed by atoms with Gasteiger partial charge in [0.05, 0.1) is 11.4 Å². The molecule has 0 spiro atoms. The van der Waals surface area contributed by atoms with Crippen molar-refractivity contribution in [1.82, 2.24) is 0 Å². The summed E-state index contributed by atoms with van der Waals surface area (Å²) in [6.45, 7) is 3.75. The summed E-state index contributed by atoms with van der Waals surface area (Å²) in [7, 11) is -2.95. The third-order valence-corrected chi connectivity index (χ3v) is 4.21. The minimum absolute atomic E-state index is 0.0440. The summed E-state index contributed by atoms with van der Waals surface area (Å²) in [6, 6.07) is 0. The zero-order valence-electron chi connectivity index (χ0n) is 8.50. The Bertz CT molecular complexity index is 286. The van der Waals surface area contributed by atoms with Gasteiger partial charge < -0.3 is 5.11 Å². The number of hydrogen-bond donors (Lipinski definition) is 1. The average molecular weight is 206 g/mol. The first-order valence-electron chi connectivity index (χ1n) is 4.56. The van der Waals surface area contributed by atoms with Gasteiger partial charge in [-0.3, -0.25) is 0 Å². The van der Waals surface area contributed by atoms with Crippen LogP contribution < -0.4 is 0 Å². The molecule has 0 aromatic rings. The van der Waals surface area contributed by atoms with Crippen LogP contribution in [0.15, 0.2) is 0 Å². The molecule has 0 aromatic heterocycles. The van der Waals surface area contributed by atoms with Gasteiger partial charge in [-0.1, -0.05) is 6.92 Å². The summed E-state index contributed by atoms with van der Waals surface area (Å²) >= 11 is 0. The molecule has 0 bridgehead atoms. The Morgan fingerprint density at radius 3 is 2.23 bits per heavy atom. The average Bonchev–Trinajstić information content (AvgIpc) is 2.64. The quantitative estimate of drug-likeness (QED) is 0.745. The van der Waals surface area contributed by atoms with Crippen LogP contribution in [-0.2, 0) is 9.84 Å². The van der Waals surface area contributed by atoms with E-state index in [-0.39, 0.29) is 11.2 Å². The zero-order valence-corrected chi connectivity index (χ0v) is 9.32. The maximum atomic E-state index is 10.9. The number of hydrogen-bond acceptors (Lipinski definition) is 3. The molecule has 4 heteroatoms. The molecule has 13 heavy (non-hydrogen) atoms. The normalized spacial score (nSPS) is 25.2. The van der Waals surface area contributed by atoms with Gasteiger partial charge in [-0.15, -0.1) is 0 Å². The van der Waals surface area contributed by atoms with Gasteiger partial charge in [0.15, 0.2) is 0 Å². The van der Waals surface area contributed by atoms with Crippen molar-refractivity contribution in [1.29, 1.82) is 0 Å². The first-order valence-corrected chi connectivity index (χ1v) is 6.63. The fourth-order valence-corrected chi connectivity index (χ4v) is 2.18. The number of aliphatic hydroxyl groups is 1. The second-order valence-electron chi connectivity index (χ2n) is 4.71. The highest BCUT2D eigenvalue weighted by molar-refractivity contribution is 7.90. The van der Waals surface area contributed by atoms with Crippen molar-refractivity contribution >= 4 is 9.84 Å². The standard InChI is InChI=1S/C9H18O3S/c1-8(4-5-8)9(2,10)6-7-13(3,11)12/h10H,4-7H2,1-3H3. The van der Waals surface area contributed by atoms with Gasteiger partial charge in [0.2, 0.25) is 0 Å². The summed E-state index contributed by atoms with van der Waals surface area (Å²) < 4.78 is 21.8. The van der Waals surface area contributed by atoms with E-state index in [9.17, 15) is 13.5 Å². The highest BCUT2D eigenvalue weighted by Gasteiger charge is 2.51. The maximum Gasteiger partial charge on any atom is 0.147 e. The van der Waals surface area contributed by atoms with E-state index >= 15 is 0 Å². The van der Waals surface area contributed by atoms with E-state index in [0.717, 1.165) is 12.8 Å². The molecule has 1 N–H and O–H groups in total. The van der Waals surface area contributed by atoms with Crippen molar-refractivity contribution in [2.24, 2.45) is 5.41 Å². The van der Waals surface area contributed by atoms with Crippen molar-refractivity contribution in [2.45, 2.75) is 38.7 Å². The van der Waals surface area contributed by atoms with Crippen LogP contribution in [0.5, 0.6) is 0 Å². The molecule has 1 atom stereocenters. The lowest BCUT2D eigenvalue weighted by Gasteiger charge is -2.30. The summed E-state index contributed by atoms with van der Waals surface area (Å²) in [5, 5.41) is 10.0. The zero-order chi connectivity index (χ0) is 10.3. The molecule has 1 aliphatic carbocycles. The highest BCUT2D eigenvalue weighted by Crippen LogP contribution is 2.54. The van der Waals surface area contributed by atoms with E-state index in [2.05, 4.69) is 0 Å². The molecule has 1 unspecified atom stereocenters. The Morgan fingerprint density at radius 2 is 1.92 bits per heavy atom. The summed E-state index contributed by atoms with van der Waals surface area (Å²) in [5.74, 6) is 0.0790. The second-order valence-corrected chi connectivity index (χ2v) is 6.97. The molecule has 0 aliphatic heterocycles. The van der Waals surface area contributed by atoms with Crippen LogP contribution in [0.25, 0.3) is 0 Å². The number of sulfone groups is 1. The van der Waals surface area contributed by atoms with Gasteiger partial charge in [0, 0.05) is 6.26 Å². The van der Waals surface area contributed by atoms with Crippen molar-refractivity contribution in [3.8, 4) is 0 Å². The molecule has 78 valence electrons. The monoisotopic (exact) mass is 206 g/mol. The van der Waals surface area contributed by atoms with Gasteiger partial charge in [-0.05, 0) is 31.6 Å². The van der Waals surface area contributed by atoms with Crippen LogP contribution in [-0.4, -0.2) is 31.1 Å². The molecule has 1 rings (SSSR count). The predicted molar refractivity (Wildman–Crippen MR) is 52.3 cm³/mol. The van der Waals surface area contributed by atoms with Crippen LogP contribution in [0.1, 0.15) is 33.1 Å². The van der Waals surface area contributed by atoms with Gasteiger partial charge in [0.25, 0.3) is 0 Å². The van der Waals surface area contributed by atoms with Crippen molar-refractivity contribution in [3.05, 3.63) is 0 Å². The van der Waals surface area contributed by atoms with Gasteiger partial charge in [-0.2, -0.15) is 0 Å². The highest BCUT2D eigenvalue weighted by atomic mass is 32.2. The van der Waals surface area contributed by atoms with Gasteiger partial charge in [-0.25, -0.2) is 8.42 Å². The Labute approximate surface area is 80.1 Å². The molecular weight excluding hydrogens is 188 g/mol. The van der Waals surface area contributed by atoms with E-state index in [1.54, 1.807) is 6.92 Å². The molecule has 1 fully saturated rings. The molecular formula is C9H18O3S. The summed E-state index contributed by atoms with van der Waals surface area (Å²) in [6.07, 6.45) is 3.56. The summed E-state index contributed by atoms with van der Waals surface area (Å²) in [5.41, 5.74) is -0.867. The molecule has 0 amide bonds. The molecule has 0 aromatic carbocycles. The fourth-order valence-electron chi connectivity index (χ4n) is 1.41. The molecule has 1 aliphatic rings. The molecule has 3 nitrogen and oxygen atoms in total. The smallest absolute Gasteiger partial charge is 0.147 e. The molecule has 0 radical (unpaired) electrons. The lowest BCUT2D eigenvalue weighted by atomic mass is 9.85. The van der Waals surface area contributed by atoms with E-state index in [4.69, 9.17) is 0 Å². The Kier molecular flexibility index (Phi) is 2.50. The van der Waals surface area contributed by atoms with Crippen molar-refractivity contribution < 1.29 is 13.5 Å². The van der Waals surface area contributed by atoms with Crippen LogP contribution >= 0.6 is 0 Å². The maximum absolute atomic E-state index is 10.9. The van der Waals surface area contributed by atoms with Crippen LogP contribution in [0, 0.1) is 5.41 Å². The van der Waals surface area contributed by atoms with Gasteiger partial charge >= 0.3 is 0 Å². The lowest BCUT2D eigenvalue weighted by Crippen LogP contribution is -2.36. The third kappa shape index (κ3) is 2.68. The first kappa shape index (κ1) is 11.0. The van der Waals surface area contributed by atoms with Crippen molar-refractivity contribution in [3.63, 3.8) is 0 Å². The van der Waals surface area contributed by atoms with E-state index in [0.29, 0.717) is 6.42 Å². The van der Waals surface area contributed by atoms with E-state index < -0.39 is 15.4 Å². The molecule has 1 saturated carbocycles. The largest absolute Gasteiger partial charge is 0.390 e. The Balaban J connectivity index is 2.53. The van der Waals surface area contributed by atoms with Crippen LogP contribution in [0.2, 0.25) is 0 Å². The van der Waals surface area contributed by atoms with E-state index in [1.165, 1.54) is 6.26 Å². The van der Waals surface area contributed by atoms with Gasteiger partial charge in [0.1, 0.15) is 9.84 Å². The van der Waals surface area contributed by atoms with Crippen molar-refractivity contribution in [2.75, 3.05) is 12.0 Å². The Hall–Kier alpha value is -0.0900. The minimum Gasteiger partial charge on any atom is -0.390 e. The van der Waals surface area contributed by atoms with Crippen LogP contribution in [0.4, 0.5) is 0 Å². The predicted octanol–water partition coefficient (Wildman–Crippen LogP) is 0.972. The third-order valence-electron chi connectivity index (χ3n) is 3.26. The fraction of sp³-hybridized carbons (Fsp3) is 1.00. The Morgan fingerprint density at radius 1 is 1.46 bits per heavy atom.